The summed E-state index contributed by atoms with van der Waals surface area (Å²) in [6.07, 6.45) is 4.10. The van der Waals surface area contributed by atoms with Gasteiger partial charge >= 0.3 is 0 Å². The van der Waals surface area contributed by atoms with E-state index < -0.39 is 0 Å². The van der Waals surface area contributed by atoms with Gasteiger partial charge in [-0.25, -0.2) is 4.98 Å². The van der Waals surface area contributed by atoms with Crippen molar-refractivity contribution in [3.8, 4) is 6.07 Å². The summed E-state index contributed by atoms with van der Waals surface area (Å²) in [5.74, 6) is 0.608. The Hall–Kier alpha value is -2.55. The highest BCUT2D eigenvalue weighted by molar-refractivity contribution is 5.63. The lowest BCUT2D eigenvalue weighted by Gasteiger charge is -2.08. The Bertz CT molecular complexity index is 580. The maximum atomic E-state index is 8.71. The van der Waals surface area contributed by atoms with Crippen LogP contribution >= 0.6 is 0 Å². The number of aromatic nitrogens is 3. The van der Waals surface area contributed by atoms with Crippen LogP contribution in [0.4, 0.5) is 11.5 Å². The topological polar surface area (TPSA) is 92.5 Å². The number of nitrogens with zero attached hydrogens (tertiary/aromatic N) is 4. The van der Waals surface area contributed by atoms with Crippen molar-refractivity contribution >= 4 is 11.5 Å². The summed E-state index contributed by atoms with van der Waals surface area (Å²) < 4.78 is 1.83. The van der Waals surface area contributed by atoms with Gasteiger partial charge in [0, 0.05) is 38.1 Å². The summed E-state index contributed by atoms with van der Waals surface area (Å²) in [5, 5.41) is 15.9. The highest BCUT2D eigenvalue weighted by Crippen LogP contribution is 2.15. The van der Waals surface area contributed by atoms with Gasteiger partial charge in [-0.05, 0) is 12.1 Å². The minimum atomic E-state index is 0.463. The van der Waals surface area contributed by atoms with Crippen LogP contribution in [0, 0.1) is 11.3 Å². The molecule has 18 heavy (non-hydrogen) atoms. The first kappa shape index (κ1) is 11.9. The molecule has 0 aliphatic carbocycles. The lowest BCUT2D eigenvalue weighted by Crippen LogP contribution is -2.10. The largest absolute Gasteiger partial charge is 0.396 e. The summed E-state index contributed by atoms with van der Waals surface area (Å²) in [6, 6.07) is 5.58. The Balaban J connectivity index is 1.95. The molecule has 2 aromatic heterocycles. The van der Waals surface area contributed by atoms with Crippen LogP contribution in [0.1, 0.15) is 11.3 Å². The SMILES string of the molecule is Cn1nccc1CCNc1ncc(C#N)cc1N. The molecule has 6 nitrogen and oxygen atoms in total. The minimum absolute atomic E-state index is 0.463. The third-order valence-electron chi connectivity index (χ3n) is 2.64. The number of aryl methyl sites for hydroxylation is 1. The molecule has 6 heteroatoms. The lowest BCUT2D eigenvalue weighted by molar-refractivity contribution is 0.711. The molecular weight excluding hydrogens is 228 g/mol. The maximum Gasteiger partial charge on any atom is 0.149 e. The van der Waals surface area contributed by atoms with E-state index in [4.69, 9.17) is 11.0 Å². The fraction of sp³-hybridized carbons (Fsp3) is 0.250. The number of hydrogen-bond donors (Lipinski definition) is 2. The second-order valence-electron chi connectivity index (χ2n) is 3.90. The van der Waals surface area contributed by atoms with Gasteiger partial charge in [-0.3, -0.25) is 4.68 Å². The molecule has 0 fully saturated rings. The Kier molecular flexibility index (Phi) is 3.44. The molecule has 92 valence electrons. The van der Waals surface area contributed by atoms with Crippen LogP contribution in [0.15, 0.2) is 24.5 Å². The van der Waals surface area contributed by atoms with E-state index in [2.05, 4.69) is 15.4 Å². The minimum Gasteiger partial charge on any atom is -0.396 e. The number of pyridine rings is 1. The molecule has 2 heterocycles. The zero-order valence-electron chi connectivity index (χ0n) is 10.1. The molecule has 0 saturated heterocycles. The normalized spacial score (nSPS) is 10.0. The fourth-order valence-electron chi connectivity index (χ4n) is 1.65. The van der Waals surface area contributed by atoms with Crippen LogP contribution in [-0.4, -0.2) is 21.3 Å². The van der Waals surface area contributed by atoms with Crippen molar-refractivity contribution in [3.05, 3.63) is 35.8 Å². The Morgan fingerprint density at radius 2 is 2.39 bits per heavy atom. The third-order valence-corrected chi connectivity index (χ3v) is 2.64. The fourth-order valence-corrected chi connectivity index (χ4v) is 1.65. The molecule has 0 amide bonds. The molecule has 2 rings (SSSR count). The van der Waals surface area contributed by atoms with E-state index in [-0.39, 0.29) is 0 Å². The molecule has 0 atom stereocenters. The van der Waals surface area contributed by atoms with Crippen LogP contribution in [0.2, 0.25) is 0 Å². The van der Waals surface area contributed by atoms with Gasteiger partial charge in [0.2, 0.25) is 0 Å². The van der Waals surface area contributed by atoms with Crippen molar-refractivity contribution in [1.82, 2.24) is 14.8 Å². The van der Waals surface area contributed by atoms with Crippen molar-refractivity contribution in [3.63, 3.8) is 0 Å². The number of nitrogen functional groups attached to an aromatic ring is 1. The van der Waals surface area contributed by atoms with Gasteiger partial charge in [0.05, 0.1) is 11.3 Å². The van der Waals surface area contributed by atoms with E-state index in [1.54, 1.807) is 12.3 Å². The van der Waals surface area contributed by atoms with Crippen molar-refractivity contribution < 1.29 is 0 Å². The van der Waals surface area contributed by atoms with Crippen molar-refractivity contribution in [2.75, 3.05) is 17.6 Å². The third kappa shape index (κ3) is 2.58. The highest BCUT2D eigenvalue weighted by Gasteiger charge is 2.03. The molecule has 3 N–H and O–H groups in total. The predicted molar refractivity (Wildman–Crippen MR) is 68.8 cm³/mol. The summed E-state index contributed by atoms with van der Waals surface area (Å²) in [4.78, 5) is 4.11. The van der Waals surface area contributed by atoms with Gasteiger partial charge in [0.25, 0.3) is 0 Å². The first-order valence-electron chi connectivity index (χ1n) is 5.57. The molecule has 0 saturated carbocycles. The molecule has 0 aliphatic rings. The smallest absolute Gasteiger partial charge is 0.149 e. The van der Waals surface area contributed by atoms with Crippen molar-refractivity contribution in [2.24, 2.45) is 7.05 Å². The zero-order valence-corrected chi connectivity index (χ0v) is 10.1. The van der Waals surface area contributed by atoms with Gasteiger partial charge in [0.1, 0.15) is 11.9 Å². The van der Waals surface area contributed by atoms with E-state index in [1.807, 2.05) is 23.9 Å². The quantitative estimate of drug-likeness (QED) is 0.831. The molecule has 2 aromatic rings. The van der Waals surface area contributed by atoms with Crippen molar-refractivity contribution in [1.29, 1.82) is 5.26 Å². The number of hydrogen-bond acceptors (Lipinski definition) is 5. The number of nitrogens with two attached hydrogens (primary N) is 1. The average Bonchev–Trinajstić information content (AvgIpc) is 2.77. The molecule has 0 unspecified atom stereocenters. The Morgan fingerprint density at radius 3 is 3.00 bits per heavy atom. The Morgan fingerprint density at radius 1 is 1.56 bits per heavy atom. The second kappa shape index (κ2) is 5.19. The number of anilines is 2. The van der Waals surface area contributed by atoms with E-state index >= 15 is 0 Å². The molecule has 0 spiro atoms. The summed E-state index contributed by atoms with van der Waals surface area (Å²) in [5.41, 5.74) is 7.87. The van der Waals surface area contributed by atoms with Crippen LogP contribution in [0.5, 0.6) is 0 Å². The van der Waals surface area contributed by atoms with Gasteiger partial charge < -0.3 is 11.1 Å². The van der Waals surface area contributed by atoms with E-state index in [9.17, 15) is 0 Å². The van der Waals surface area contributed by atoms with Crippen LogP contribution < -0.4 is 11.1 Å². The highest BCUT2D eigenvalue weighted by atomic mass is 15.3. The standard InChI is InChI=1S/C12H14N6/c1-18-10(3-5-17-18)2-4-15-12-11(14)6-9(7-13)8-16-12/h3,5-6,8H,2,4,14H2,1H3,(H,15,16). The first-order valence-corrected chi connectivity index (χ1v) is 5.57. The second-order valence-corrected chi connectivity index (χ2v) is 3.90. The molecule has 0 aromatic carbocycles. The number of rotatable bonds is 4. The summed E-state index contributed by atoms with van der Waals surface area (Å²) in [7, 11) is 1.91. The summed E-state index contributed by atoms with van der Waals surface area (Å²) >= 11 is 0. The summed E-state index contributed by atoms with van der Waals surface area (Å²) in [6.45, 7) is 0.711. The number of nitriles is 1. The van der Waals surface area contributed by atoms with Gasteiger partial charge in [-0.15, -0.1) is 0 Å². The first-order chi connectivity index (χ1) is 8.70. The van der Waals surface area contributed by atoms with Crippen LogP contribution in [-0.2, 0) is 13.5 Å². The van der Waals surface area contributed by atoms with Gasteiger partial charge in [-0.1, -0.05) is 0 Å². The van der Waals surface area contributed by atoms with E-state index in [1.165, 1.54) is 6.20 Å². The van der Waals surface area contributed by atoms with E-state index in [0.717, 1.165) is 12.1 Å². The molecular formula is C12H14N6. The van der Waals surface area contributed by atoms with Crippen LogP contribution in [0.3, 0.4) is 0 Å². The number of nitrogens with one attached hydrogen (secondary N) is 1. The van der Waals surface area contributed by atoms with Gasteiger partial charge in [-0.2, -0.15) is 10.4 Å². The zero-order chi connectivity index (χ0) is 13.0. The lowest BCUT2D eigenvalue weighted by atomic mass is 10.2. The molecule has 0 aliphatic heterocycles. The molecule has 0 bridgehead atoms. The van der Waals surface area contributed by atoms with Crippen molar-refractivity contribution in [2.45, 2.75) is 6.42 Å². The monoisotopic (exact) mass is 242 g/mol. The Labute approximate surface area is 105 Å². The predicted octanol–water partition coefficient (Wildman–Crippen LogP) is 0.924. The molecule has 0 radical (unpaired) electrons. The van der Waals surface area contributed by atoms with Crippen LogP contribution in [0.25, 0.3) is 0 Å². The van der Waals surface area contributed by atoms with Gasteiger partial charge in [0.15, 0.2) is 0 Å². The van der Waals surface area contributed by atoms with E-state index in [0.29, 0.717) is 23.6 Å². The maximum absolute atomic E-state index is 8.71. The average molecular weight is 242 g/mol.